The average Bonchev–Trinajstić information content (AvgIpc) is 2.39. The topological polar surface area (TPSA) is 0 Å². The molecule has 0 atom stereocenters. The first-order chi connectivity index (χ1) is 8.93. The van der Waals surface area contributed by atoms with Gasteiger partial charge in [0, 0.05) is 0 Å². The van der Waals surface area contributed by atoms with Crippen LogP contribution in [0, 0.1) is 5.92 Å². The molecule has 0 heteroatoms. The first-order valence-electron chi connectivity index (χ1n) is 8.54. The molecule has 1 saturated carbocycles. The van der Waals surface area contributed by atoms with E-state index in [2.05, 4.69) is 12.7 Å². The van der Waals surface area contributed by atoms with E-state index in [1.54, 1.807) is 0 Å². The highest BCUT2D eigenvalue weighted by atomic mass is 14.1. The molecule has 106 valence electrons. The van der Waals surface area contributed by atoms with Crippen molar-refractivity contribution in [1.82, 2.24) is 0 Å². The van der Waals surface area contributed by atoms with Crippen LogP contribution in [0.4, 0.5) is 0 Å². The van der Waals surface area contributed by atoms with Crippen molar-refractivity contribution in [2.24, 2.45) is 5.92 Å². The standard InChI is InChI=1S/C18H34/c1-2-15-18-16-13-11-9-7-5-3-4-6-8-10-12-14-17-18/h2,18H,1,3-17H2. The normalized spacial score (nSPS) is 22.9. The number of allylic oxidation sites excluding steroid dienone is 1. The van der Waals surface area contributed by atoms with Crippen LogP contribution in [0.5, 0.6) is 0 Å². The van der Waals surface area contributed by atoms with Crippen LogP contribution >= 0.6 is 0 Å². The lowest BCUT2D eigenvalue weighted by Crippen LogP contribution is -1.99. The molecule has 0 aromatic rings. The average molecular weight is 250 g/mol. The Bertz CT molecular complexity index is 166. The van der Waals surface area contributed by atoms with Gasteiger partial charge in [-0.2, -0.15) is 0 Å². The van der Waals surface area contributed by atoms with Gasteiger partial charge >= 0.3 is 0 Å². The lowest BCUT2D eigenvalue weighted by Gasteiger charge is -2.14. The number of rotatable bonds is 2. The Labute approximate surface area is 115 Å². The Morgan fingerprint density at radius 2 is 0.944 bits per heavy atom. The van der Waals surface area contributed by atoms with Crippen molar-refractivity contribution < 1.29 is 0 Å². The summed E-state index contributed by atoms with van der Waals surface area (Å²) in [6, 6.07) is 0. The Kier molecular flexibility index (Phi) is 10.4. The Hall–Kier alpha value is -0.260. The van der Waals surface area contributed by atoms with Crippen molar-refractivity contribution in [3.63, 3.8) is 0 Å². The third kappa shape index (κ3) is 8.78. The van der Waals surface area contributed by atoms with Gasteiger partial charge < -0.3 is 0 Å². The summed E-state index contributed by atoms with van der Waals surface area (Å²) in [6.07, 6.45) is 24.0. The highest BCUT2D eigenvalue weighted by molar-refractivity contribution is 4.73. The first-order valence-corrected chi connectivity index (χ1v) is 8.54. The van der Waals surface area contributed by atoms with Gasteiger partial charge in [0.05, 0.1) is 0 Å². The van der Waals surface area contributed by atoms with E-state index in [1.807, 2.05) is 0 Å². The van der Waals surface area contributed by atoms with Gasteiger partial charge in [-0.3, -0.25) is 0 Å². The fourth-order valence-electron chi connectivity index (χ4n) is 3.25. The predicted octanol–water partition coefficient (Wildman–Crippen LogP) is 6.65. The summed E-state index contributed by atoms with van der Waals surface area (Å²) >= 11 is 0. The Morgan fingerprint density at radius 3 is 1.28 bits per heavy atom. The zero-order chi connectivity index (χ0) is 12.9. The van der Waals surface area contributed by atoms with Crippen LogP contribution in [-0.4, -0.2) is 0 Å². The van der Waals surface area contributed by atoms with E-state index in [9.17, 15) is 0 Å². The maximum absolute atomic E-state index is 3.92. The third-order valence-corrected chi connectivity index (χ3v) is 4.47. The molecule has 0 aromatic carbocycles. The van der Waals surface area contributed by atoms with Crippen LogP contribution in [0.2, 0.25) is 0 Å². The maximum Gasteiger partial charge on any atom is -0.0325 e. The van der Waals surface area contributed by atoms with Gasteiger partial charge in [0.2, 0.25) is 0 Å². The highest BCUT2D eigenvalue weighted by Crippen LogP contribution is 2.23. The van der Waals surface area contributed by atoms with E-state index in [1.165, 1.54) is 96.3 Å². The maximum atomic E-state index is 3.92. The lowest BCUT2D eigenvalue weighted by atomic mass is 9.92. The molecule has 1 aliphatic rings. The smallest absolute Gasteiger partial charge is 0.0325 e. The zero-order valence-corrected chi connectivity index (χ0v) is 12.5. The van der Waals surface area contributed by atoms with Crippen molar-refractivity contribution in [2.45, 2.75) is 96.3 Å². The summed E-state index contributed by atoms with van der Waals surface area (Å²) in [5, 5.41) is 0. The molecule has 0 radical (unpaired) electrons. The summed E-state index contributed by atoms with van der Waals surface area (Å²) in [7, 11) is 0. The summed E-state index contributed by atoms with van der Waals surface area (Å²) in [5.74, 6) is 0.938. The molecule has 1 aliphatic carbocycles. The first kappa shape index (κ1) is 15.8. The van der Waals surface area contributed by atoms with Crippen molar-refractivity contribution in [1.29, 1.82) is 0 Å². The summed E-state index contributed by atoms with van der Waals surface area (Å²) in [6.45, 7) is 3.92. The highest BCUT2D eigenvalue weighted by Gasteiger charge is 2.07. The van der Waals surface area contributed by atoms with E-state index >= 15 is 0 Å². The second-order valence-electron chi connectivity index (χ2n) is 6.21. The largest absolute Gasteiger partial charge is 0.103 e. The minimum atomic E-state index is 0.938. The van der Waals surface area contributed by atoms with Crippen LogP contribution < -0.4 is 0 Å². The van der Waals surface area contributed by atoms with E-state index in [-0.39, 0.29) is 0 Å². The summed E-state index contributed by atoms with van der Waals surface area (Å²) < 4.78 is 0. The van der Waals surface area contributed by atoms with Crippen molar-refractivity contribution in [2.75, 3.05) is 0 Å². The number of hydrogen-bond acceptors (Lipinski definition) is 0. The van der Waals surface area contributed by atoms with E-state index in [0.29, 0.717) is 0 Å². The lowest BCUT2D eigenvalue weighted by molar-refractivity contribution is 0.408. The van der Waals surface area contributed by atoms with Crippen LogP contribution in [0.3, 0.4) is 0 Å². The second-order valence-corrected chi connectivity index (χ2v) is 6.21. The molecule has 1 rings (SSSR count). The molecular formula is C18H34. The monoisotopic (exact) mass is 250 g/mol. The third-order valence-electron chi connectivity index (χ3n) is 4.47. The molecule has 0 saturated heterocycles. The fraction of sp³-hybridized carbons (Fsp3) is 0.889. The molecule has 0 bridgehead atoms. The minimum absolute atomic E-state index is 0.938. The van der Waals surface area contributed by atoms with Gasteiger partial charge in [0.25, 0.3) is 0 Å². The molecule has 0 nitrogen and oxygen atoms in total. The molecule has 18 heavy (non-hydrogen) atoms. The predicted molar refractivity (Wildman–Crippen MR) is 82.9 cm³/mol. The van der Waals surface area contributed by atoms with Crippen LogP contribution in [0.15, 0.2) is 12.7 Å². The molecule has 1 fully saturated rings. The molecule has 0 amide bonds. The number of hydrogen-bond donors (Lipinski definition) is 0. The zero-order valence-electron chi connectivity index (χ0n) is 12.5. The summed E-state index contributed by atoms with van der Waals surface area (Å²) in [5.41, 5.74) is 0. The molecule has 0 unspecified atom stereocenters. The van der Waals surface area contributed by atoms with Gasteiger partial charge in [0.1, 0.15) is 0 Å². The van der Waals surface area contributed by atoms with Gasteiger partial charge in [-0.15, -0.1) is 6.58 Å². The Morgan fingerprint density at radius 1 is 0.611 bits per heavy atom. The minimum Gasteiger partial charge on any atom is -0.103 e. The van der Waals surface area contributed by atoms with E-state index in [4.69, 9.17) is 0 Å². The van der Waals surface area contributed by atoms with Crippen LogP contribution in [0.25, 0.3) is 0 Å². The molecule has 0 aliphatic heterocycles. The van der Waals surface area contributed by atoms with Crippen molar-refractivity contribution in [3.8, 4) is 0 Å². The quantitative estimate of drug-likeness (QED) is 0.481. The fourth-order valence-corrected chi connectivity index (χ4v) is 3.25. The van der Waals surface area contributed by atoms with Crippen LogP contribution in [0.1, 0.15) is 96.3 Å². The SMILES string of the molecule is C=CCC1CCCCCCCCCCCCCC1. The molecule has 0 aromatic heterocycles. The van der Waals surface area contributed by atoms with Crippen molar-refractivity contribution >= 4 is 0 Å². The van der Waals surface area contributed by atoms with Crippen molar-refractivity contribution in [3.05, 3.63) is 12.7 Å². The van der Waals surface area contributed by atoms with E-state index in [0.717, 1.165) is 5.92 Å². The molecule has 0 N–H and O–H groups in total. The second kappa shape index (κ2) is 11.8. The Balaban J connectivity index is 2.22. The van der Waals surface area contributed by atoms with E-state index < -0.39 is 0 Å². The molecular weight excluding hydrogens is 216 g/mol. The van der Waals surface area contributed by atoms with Gasteiger partial charge in [-0.05, 0) is 12.3 Å². The molecule has 0 spiro atoms. The van der Waals surface area contributed by atoms with Crippen LogP contribution in [-0.2, 0) is 0 Å². The van der Waals surface area contributed by atoms with Gasteiger partial charge in [-0.25, -0.2) is 0 Å². The molecule has 0 heterocycles. The van der Waals surface area contributed by atoms with Gasteiger partial charge in [0.15, 0.2) is 0 Å². The summed E-state index contributed by atoms with van der Waals surface area (Å²) in [4.78, 5) is 0. The van der Waals surface area contributed by atoms with Gasteiger partial charge in [-0.1, -0.05) is 96.0 Å².